The van der Waals surface area contributed by atoms with Crippen LogP contribution in [0.3, 0.4) is 0 Å². The number of halogens is 2. The Hall–Kier alpha value is -2.35. The maximum atomic E-state index is 11.8. The zero-order valence-electron chi connectivity index (χ0n) is 13.6. The minimum Gasteiger partial charge on any atom is -0.450 e. The molecule has 0 aliphatic rings. The molecule has 1 unspecified atom stereocenters. The topological polar surface area (TPSA) is 125 Å². The van der Waals surface area contributed by atoms with Crippen molar-refractivity contribution in [3.05, 3.63) is 58.3 Å². The third-order valence-corrected chi connectivity index (χ3v) is 4.40. The number of amides is 2. The van der Waals surface area contributed by atoms with Crippen LogP contribution in [0.4, 0.5) is 0 Å². The van der Waals surface area contributed by atoms with Crippen LogP contribution in [0.1, 0.15) is 16.1 Å². The average Bonchev–Trinajstić information content (AvgIpc) is 2.93. The highest BCUT2D eigenvalue weighted by Crippen LogP contribution is 2.36. The molecular weight excluding hydrogens is 422 g/mol. The zero-order valence-corrected chi connectivity index (χ0v) is 16.0. The number of nitrogens with two attached hydrogens (primary N) is 3. The predicted molar refractivity (Wildman–Crippen MR) is 106 cm³/mol. The fourth-order valence-corrected chi connectivity index (χ4v) is 3.10. The van der Waals surface area contributed by atoms with E-state index >= 15 is 0 Å². The Bertz CT molecular complexity index is 987. The first kappa shape index (κ1) is 20.0. The van der Waals surface area contributed by atoms with Gasteiger partial charge in [-0.25, -0.2) is 0 Å². The maximum absolute atomic E-state index is 11.8. The lowest BCUT2D eigenvalue weighted by Crippen LogP contribution is -2.38. The summed E-state index contributed by atoms with van der Waals surface area (Å²) in [4.78, 5) is 23.0. The number of carbonyl (C=O) groups is 2. The van der Waals surface area contributed by atoms with E-state index in [0.717, 1.165) is 21.0 Å². The highest BCUT2D eigenvalue weighted by molar-refractivity contribution is 9.10. The number of fused-ring (bicyclic) bond motifs is 1. The monoisotopic (exact) mass is 437 g/mol. The smallest absolute Gasteiger partial charge is 0.285 e. The Morgan fingerprint density at radius 1 is 1.12 bits per heavy atom. The molecule has 8 heteroatoms. The van der Waals surface area contributed by atoms with Crippen LogP contribution in [-0.4, -0.2) is 17.9 Å². The number of hydrogen-bond acceptors (Lipinski definition) is 4. The standard InChI is InChI=1S/C18H16BrN3O3.ClH/c19-11-4-5-14-12(8-11)15(16(25-14)18(22)24)10-3-1-2-9(6-10)7-13(20)17(21)23;/h1-6,8,13H,7,20H2,(H2,21,23)(H2,22,24);1H. The number of rotatable bonds is 5. The summed E-state index contributed by atoms with van der Waals surface area (Å²) in [6, 6.07) is 12.0. The predicted octanol–water partition coefficient (Wildman–Crippen LogP) is 2.74. The van der Waals surface area contributed by atoms with Gasteiger partial charge in [0.2, 0.25) is 5.91 Å². The number of primary amides is 2. The van der Waals surface area contributed by atoms with Crippen LogP contribution in [0.2, 0.25) is 0 Å². The normalized spacial score (nSPS) is 11.8. The number of furan rings is 1. The van der Waals surface area contributed by atoms with E-state index in [-0.39, 0.29) is 18.2 Å². The molecule has 1 aromatic heterocycles. The Balaban J connectivity index is 0.00000243. The van der Waals surface area contributed by atoms with E-state index in [9.17, 15) is 9.59 Å². The average molecular weight is 439 g/mol. The van der Waals surface area contributed by atoms with E-state index in [4.69, 9.17) is 21.6 Å². The summed E-state index contributed by atoms with van der Waals surface area (Å²) in [5.74, 6) is -1.13. The van der Waals surface area contributed by atoms with Gasteiger partial charge in [-0.05, 0) is 35.7 Å². The molecule has 0 aliphatic carbocycles. The van der Waals surface area contributed by atoms with E-state index in [1.54, 1.807) is 6.07 Å². The summed E-state index contributed by atoms with van der Waals surface area (Å²) in [6.07, 6.45) is 0.300. The number of carbonyl (C=O) groups excluding carboxylic acids is 2. The number of hydrogen-bond donors (Lipinski definition) is 3. The second-order valence-electron chi connectivity index (χ2n) is 5.72. The molecule has 3 aromatic rings. The lowest BCUT2D eigenvalue weighted by molar-refractivity contribution is -0.119. The Morgan fingerprint density at radius 2 is 1.85 bits per heavy atom. The van der Waals surface area contributed by atoms with Crippen molar-refractivity contribution in [1.29, 1.82) is 0 Å². The third-order valence-electron chi connectivity index (χ3n) is 3.91. The van der Waals surface area contributed by atoms with Gasteiger partial charge >= 0.3 is 0 Å². The highest BCUT2D eigenvalue weighted by Gasteiger charge is 2.21. The van der Waals surface area contributed by atoms with Gasteiger partial charge in [0, 0.05) is 15.4 Å². The molecule has 2 amide bonds. The van der Waals surface area contributed by atoms with E-state index in [1.165, 1.54) is 0 Å². The lowest BCUT2D eigenvalue weighted by atomic mass is 9.97. The SMILES string of the molecule is Cl.NC(=O)c1oc2ccc(Br)cc2c1-c1cccc(CC(N)C(N)=O)c1. The quantitative estimate of drug-likeness (QED) is 0.566. The molecule has 2 aromatic carbocycles. The maximum Gasteiger partial charge on any atom is 0.285 e. The molecule has 1 atom stereocenters. The van der Waals surface area contributed by atoms with E-state index in [1.807, 2.05) is 36.4 Å². The van der Waals surface area contributed by atoms with Crippen molar-refractivity contribution in [3.8, 4) is 11.1 Å². The first-order valence-corrected chi connectivity index (χ1v) is 8.32. The molecule has 6 N–H and O–H groups in total. The summed E-state index contributed by atoms with van der Waals surface area (Å²) >= 11 is 3.42. The van der Waals surface area contributed by atoms with Crippen molar-refractivity contribution in [2.24, 2.45) is 17.2 Å². The van der Waals surface area contributed by atoms with Crippen LogP contribution in [0.5, 0.6) is 0 Å². The summed E-state index contributed by atoms with van der Waals surface area (Å²) in [5.41, 5.74) is 19.2. The van der Waals surface area contributed by atoms with Crippen LogP contribution in [0.15, 0.2) is 51.4 Å². The molecule has 0 radical (unpaired) electrons. The van der Waals surface area contributed by atoms with Gasteiger partial charge < -0.3 is 21.6 Å². The van der Waals surface area contributed by atoms with Gasteiger partial charge in [-0.2, -0.15) is 0 Å². The van der Waals surface area contributed by atoms with Crippen molar-refractivity contribution < 1.29 is 14.0 Å². The van der Waals surface area contributed by atoms with Gasteiger partial charge in [-0.1, -0.05) is 40.2 Å². The van der Waals surface area contributed by atoms with Crippen molar-refractivity contribution in [2.45, 2.75) is 12.5 Å². The summed E-state index contributed by atoms with van der Waals surface area (Å²) in [7, 11) is 0. The lowest BCUT2D eigenvalue weighted by Gasteiger charge is -2.09. The highest BCUT2D eigenvalue weighted by atomic mass is 79.9. The fraction of sp³-hybridized carbons (Fsp3) is 0.111. The molecule has 1 heterocycles. The first-order valence-electron chi connectivity index (χ1n) is 7.53. The largest absolute Gasteiger partial charge is 0.450 e. The molecule has 0 bridgehead atoms. The Morgan fingerprint density at radius 3 is 2.50 bits per heavy atom. The molecule has 0 saturated heterocycles. The molecule has 0 aliphatic heterocycles. The van der Waals surface area contributed by atoms with E-state index in [2.05, 4.69) is 15.9 Å². The second-order valence-corrected chi connectivity index (χ2v) is 6.64. The molecule has 136 valence electrons. The van der Waals surface area contributed by atoms with Crippen molar-refractivity contribution >= 4 is 51.1 Å². The van der Waals surface area contributed by atoms with Crippen LogP contribution >= 0.6 is 28.3 Å². The van der Waals surface area contributed by atoms with Crippen LogP contribution in [0, 0.1) is 0 Å². The van der Waals surface area contributed by atoms with Crippen LogP contribution in [0.25, 0.3) is 22.1 Å². The molecule has 6 nitrogen and oxygen atoms in total. The van der Waals surface area contributed by atoms with Gasteiger partial charge in [0.25, 0.3) is 5.91 Å². The van der Waals surface area contributed by atoms with Crippen LogP contribution < -0.4 is 17.2 Å². The fourth-order valence-electron chi connectivity index (χ4n) is 2.74. The molecule has 0 fully saturated rings. The summed E-state index contributed by atoms with van der Waals surface area (Å²) < 4.78 is 6.49. The van der Waals surface area contributed by atoms with Crippen LogP contribution in [-0.2, 0) is 11.2 Å². The minimum absolute atomic E-state index is 0. The second kappa shape index (κ2) is 7.90. The first-order chi connectivity index (χ1) is 11.9. The molecule has 3 rings (SSSR count). The van der Waals surface area contributed by atoms with Gasteiger partial charge in [-0.15, -0.1) is 12.4 Å². The van der Waals surface area contributed by atoms with Gasteiger partial charge in [0.05, 0.1) is 6.04 Å². The molecule has 26 heavy (non-hydrogen) atoms. The van der Waals surface area contributed by atoms with E-state index < -0.39 is 17.9 Å². The minimum atomic E-state index is -0.777. The summed E-state index contributed by atoms with van der Waals surface area (Å²) in [6.45, 7) is 0. The Kier molecular flexibility index (Phi) is 6.07. The van der Waals surface area contributed by atoms with Gasteiger partial charge in [0.1, 0.15) is 5.58 Å². The van der Waals surface area contributed by atoms with Crippen molar-refractivity contribution in [1.82, 2.24) is 0 Å². The molecule has 0 spiro atoms. The molecule has 0 saturated carbocycles. The number of benzene rings is 2. The molecular formula is C18H17BrClN3O3. The van der Waals surface area contributed by atoms with Crippen molar-refractivity contribution in [3.63, 3.8) is 0 Å². The van der Waals surface area contributed by atoms with Crippen molar-refractivity contribution in [2.75, 3.05) is 0 Å². The zero-order chi connectivity index (χ0) is 18.1. The third kappa shape index (κ3) is 3.90. The van der Waals surface area contributed by atoms with Gasteiger partial charge in [0.15, 0.2) is 5.76 Å². The van der Waals surface area contributed by atoms with Gasteiger partial charge in [-0.3, -0.25) is 9.59 Å². The summed E-state index contributed by atoms with van der Waals surface area (Å²) in [5, 5.41) is 0.763. The van der Waals surface area contributed by atoms with E-state index in [0.29, 0.717) is 17.6 Å². The Labute approximate surface area is 164 Å².